The average Bonchev–Trinajstić information content (AvgIpc) is 2.46. The van der Waals surface area contributed by atoms with Crippen molar-refractivity contribution in [1.82, 2.24) is 0 Å². The first-order chi connectivity index (χ1) is 10.1. The molecule has 110 valence electrons. The topological polar surface area (TPSA) is 38.0 Å². The van der Waals surface area contributed by atoms with E-state index in [1.54, 1.807) is 0 Å². The SMILES string of the molecule is Cc1ccc(C(N)=S)c(NC(C)CCc2ccccc2)c1. The molecular formula is C18H22N2S. The van der Waals surface area contributed by atoms with E-state index in [1.807, 2.05) is 18.2 Å². The molecule has 2 aromatic carbocycles. The van der Waals surface area contributed by atoms with Crippen LogP contribution in [0.1, 0.15) is 30.0 Å². The third-order valence-electron chi connectivity index (χ3n) is 3.55. The van der Waals surface area contributed by atoms with Gasteiger partial charge in [-0.05, 0) is 49.9 Å². The Labute approximate surface area is 132 Å². The maximum atomic E-state index is 5.80. The number of rotatable bonds is 6. The molecule has 0 bridgehead atoms. The number of anilines is 1. The fraction of sp³-hybridized carbons (Fsp3) is 0.278. The van der Waals surface area contributed by atoms with Crippen LogP contribution in [0.25, 0.3) is 0 Å². The summed E-state index contributed by atoms with van der Waals surface area (Å²) >= 11 is 5.12. The van der Waals surface area contributed by atoms with Gasteiger partial charge in [-0.15, -0.1) is 0 Å². The van der Waals surface area contributed by atoms with Crippen LogP contribution in [0.5, 0.6) is 0 Å². The summed E-state index contributed by atoms with van der Waals surface area (Å²) in [6.45, 7) is 4.26. The van der Waals surface area contributed by atoms with Crippen LogP contribution < -0.4 is 11.1 Å². The number of hydrogen-bond donors (Lipinski definition) is 2. The molecular weight excluding hydrogens is 276 g/mol. The number of nitrogens with one attached hydrogen (secondary N) is 1. The maximum Gasteiger partial charge on any atom is 0.106 e. The van der Waals surface area contributed by atoms with Crippen LogP contribution in [0, 0.1) is 6.92 Å². The molecule has 1 unspecified atom stereocenters. The van der Waals surface area contributed by atoms with E-state index in [0.29, 0.717) is 11.0 Å². The Kier molecular flexibility index (Phi) is 5.34. The van der Waals surface area contributed by atoms with E-state index in [4.69, 9.17) is 18.0 Å². The van der Waals surface area contributed by atoms with Crippen molar-refractivity contribution in [1.29, 1.82) is 0 Å². The molecule has 21 heavy (non-hydrogen) atoms. The fourth-order valence-corrected chi connectivity index (χ4v) is 2.54. The number of benzene rings is 2. The van der Waals surface area contributed by atoms with Gasteiger partial charge in [0.25, 0.3) is 0 Å². The van der Waals surface area contributed by atoms with E-state index < -0.39 is 0 Å². The Bertz CT molecular complexity index is 608. The van der Waals surface area contributed by atoms with Gasteiger partial charge in [0.05, 0.1) is 0 Å². The summed E-state index contributed by atoms with van der Waals surface area (Å²) in [4.78, 5) is 0.438. The van der Waals surface area contributed by atoms with Crippen molar-refractivity contribution in [3.8, 4) is 0 Å². The van der Waals surface area contributed by atoms with Crippen molar-refractivity contribution in [2.24, 2.45) is 5.73 Å². The van der Waals surface area contributed by atoms with Gasteiger partial charge in [0, 0.05) is 17.3 Å². The predicted molar refractivity (Wildman–Crippen MR) is 94.9 cm³/mol. The van der Waals surface area contributed by atoms with Gasteiger partial charge in [-0.1, -0.05) is 48.6 Å². The highest BCUT2D eigenvalue weighted by atomic mass is 32.1. The Morgan fingerprint density at radius 3 is 2.57 bits per heavy atom. The van der Waals surface area contributed by atoms with Crippen LogP contribution in [0.15, 0.2) is 48.5 Å². The Morgan fingerprint density at radius 1 is 1.19 bits per heavy atom. The molecule has 3 heteroatoms. The fourth-order valence-electron chi connectivity index (χ4n) is 2.36. The van der Waals surface area contributed by atoms with Crippen molar-refractivity contribution in [2.45, 2.75) is 32.7 Å². The molecule has 0 saturated carbocycles. The molecule has 0 heterocycles. The second kappa shape index (κ2) is 7.23. The van der Waals surface area contributed by atoms with E-state index in [-0.39, 0.29) is 0 Å². The number of nitrogens with two attached hydrogens (primary N) is 1. The van der Waals surface area contributed by atoms with E-state index in [2.05, 4.69) is 49.5 Å². The highest BCUT2D eigenvalue weighted by Crippen LogP contribution is 2.19. The lowest BCUT2D eigenvalue weighted by molar-refractivity contribution is 0.706. The van der Waals surface area contributed by atoms with Crippen LogP contribution in [-0.2, 0) is 6.42 Å². The summed E-state index contributed by atoms with van der Waals surface area (Å²) in [5, 5.41) is 3.54. The van der Waals surface area contributed by atoms with Crippen molar-refractivity contribution < 1.29 is 0 Å². The van der Waals surface area contributed by atoms with Crippen LogP contribution >= 0.6 is 12.2 Å². The predicted octanol–water partition coefficient (Wildman–Crippen LogP) is 4.06. The molecule has 0 aromatic heterocycles. The van der Waals surface area contributed by atoms with Crippen LogP contribution in [-0.4, -0.2) is 11.0 Å². The first-order valence-corrected chi connectivity index (χ1v) is 7.68. The molecule has 0 aliphatic heterocycles. The lowest BCUT2D eigenvalue weighted by atomic mass is 10.0. The third-order valence-corrected chi connectivity index (χ3v) is 3.77. The Morgan fingerprint density at radius 2 is 1.90 bits per heavy atom. The smallest absolute Gasteiger partial charge is 0.106 e. The largest absolute Gasteiger partial charge is 0.389 e. The highest BCUT2D eigenvalue weighted by Gasteiger charge is 2.09. The molecule has 3 N–H and O–H groups in total. The molecule has 0 radical (unpaired) electrons. The summed E-state index contributed by atoms with van der Waals surface area (Å²) in [5.74, 6) is 0. The Hall–Kier alpha value is -1.87. The zero-order valence-corrected chi connectivity index (χ0v) is 13.4. The van der Waals surface area contributed by atoms with E-state index in [1.165, 1.54) is 11.1 Å². The third kappa shape index (κ3) is 4.57. The number of aryl methyl sites for hydroxylation is 2. The van der Waals surface area contributed by atoms with Gasteiger partial charge in [0.1, 0.15) is 4.99 Å². The van der Waals surface area contributed by atoms with Gasteiger partial charge in [0.15, 0.2) is 0 Å². The molecule has 1 atom stereocenters. The zero-order valence-electron chi connectivity index (χ0n) is 12.6. The molecule has 0 spiro atoms. The lowest BCUT2D eigenvalue weighted by Crippen LogP contribution is -2.20. The second-order valence-electron chi connectivity index (χ2n) is 5.48. The lowest BCUT2D eigenvalue weighted by Gasteiger charge is -2.18. The minimum absolute atomic E-state index is 0.361. The van der Waals surface area contributed by atoms with Crippen LogP contribution in [0.3, 0.4) is 0 Å². The molecule has 2 rings (SSSR count). The van der Waals surface area contributed by atoms with Gasteiger partial charge >= 0.3 is 0 Å². The van der Waals surface area contributed by atoms with Crippen LogP contribution in [0.2, 0.25) is 0 Å². The molecule has 0 amide bonds. The van der Waals surface area contributed by atoms with E-state index >= 15 is 0 Å². The summed E-state index contributed by atoms with van der Waals surface area (Å²) in [7, 11) is 0. The van der Waals surface area contributed by atoms with Crippen molar-refractivity contribution in [3.05, 3.63) is 65.2 Å². The molecule has 2 aromatic rings. The molecule has 0 aliphatic carbocycles. The molecule has 2 nitrogen and oxygen atoms in total. The quantitative estimate of drug-likeness (QED) is 0.790. The summed E-state index contributed by atoms with van der Waals surface area (Å²) in [6.07, 6.45) is 2.12. The van der Waals surface area contributed by atoms with Gasteiger partial charge in [-0.3, -0.25) is 0 Å². The monoisotopic (exact) mass is 298 g/mol. The molecule has 0 fully saturated rings. The normalized spacial score (nSPS) is 11.9. The highest BCUT2D eigenvalue weighted by molar-refractivity contribution is 7.80. The molecule has 0 saturated heterocycles. The van der Waals surface area contributed by atoms with Gasteiger partial charge in [-0.25, -0.2) is 0 Å². The minimum atomic E-state index is 0.361. The first-order valence-electron chi connectivity index (χ1n) is 7.27. The summed E-state index contributed by atoms with van der Waals surface area (Å²) < 4.78 is 0. The van der Waals surface area contributed by atoms with Crippen LogP contribution in [0.4, 0.5) is 5.69 Å². The van der Waals surface area contributed by atoms with Crippen molar-refractivity contribution >= 4 is 22.9 Å². The maximum absolute atomic E-state index is 5.80. The van der Waals surface area contributed by atoms with Crippen molar-refractivity contribution in [2.75, 3.05) is 5.32 Å². The van der Waals surface area contributed by atoms with E-state index in [0.717, 1.165) is 24.1 Å². The first kappa shape index (κ1) is 15.5. The standard InChI is InChI=1S/C18H22N2S/c1-13-8-11-16(18(19)21)17(12-13)20-14(2)9-10-15-6-4-3-5-7-15/h3-8,11-12,14,20H,9-10H2,1-2H3,(H2,19,21). The zero-order chi connectivity index (χ0) is 15.2. The number of thiocarbonyl (C=S) groups is 1. The summed E-state index contributed by atoms with van der Waals surface area (Å²) in [5.41, 5.74) is 10.3. The van der Waals surface area contributed by atoms with Gasteiger partial charge in [0.2, 0.25) is 0 Å². The second-order valence-corrected chi connectivity index (χ2v) is 5.92. The van der Waals surface area contributed by atoms with Gasteiger partial charge in [-0.2, -0.15) is 0 Å². The molecule has 0 aliphatic rings. The van der Waals surface area contributed by atoms with Crippen molar-refractivity contribution in [3.63, 3.8) is 0 Å². The Balaban J connectivity index is 2.01. The van der Waals surface area contributed by atoms with E-state index in [9.17, 15) is 0 Å². The number of hydrogen-bond acceptors (Lipinski definition) is 2. The average molecular weight is 298 g/mol. The minimum Gasteiger partial charge on any atom is -0.389 e. The summed E-state index contributed by atoms with van der Waals surface area (Å²) in [6, 6.07) is 17.0. The van der Waals surface area contributed by atoms with Gasteiger partial charge < -0.3 is 11.1 Å².